The van der Waals surface area contributed by atoms with Gasteiger partial charge in [-0.25, -0.2) is 0 Å². The molecule has 1 unspecified atom stereocenters. The van der Waals surface area contributed by atoms with Gasteiger partial charge in [-0.2, -0.15) is 0 Å². The van der Waals surface area contributed by atoms with E-state index in [1.54, 1.807) is 13.0 Å². The molecule has 0 amide bonds. The number of carboxylic acids is 1. The molecule has 0 saturated carbocycles. The van der Waals surface area contributed by atoms with E-state index in [-0.39, 0.29) is 5.92 Å². The third kappa shape index (κ3) is 7.59. The van der Waals surface area contributed by atoms with Crippen molar-refractivity contribution in [3.05, 3.63) is 24.8 Å². The Balaban J connectivity index is 3.25. The van der Waals surface area contributed by atoms with Crippen molar-refractivity contribution in [2.24, 2.45) is 5.92 Å². The lowest BCUT2D eigenvalue weighted by Gasteiger charge is -2.04. The maximum Gasteiger partial charge on any atom is 0.306 e. The smallest absolute Gasteiger partial charge is 0.306 e. The first-order chi connectivity index (χ1) is 6.68. The van der Waals surface area contributed by atoms with E-state index in [0.29, 0.717) is 0 Å². The summed E-state index contributed by atoms with van der Waals surface area (Å²) in [5.74, 6) is -0.879. The van der Waals surface area contributed by atoms with Crippen LogP contribution in [0.2, 0.25) is 0 Å². The van der Waals surface area contributed by atoms with Crippen LogP contribution in [0.4, 0.5) is 0 Å². The van der Waals surface area contributed by atoms with E-state index in [0.717, 1.165) is 32.1 Å². The zero-order valence-electron chi connectivity index (χ0n) is 8.91. The van der Waals surface area contributed by atoms with Crippen LogP contribution >= 0.6 is 0 Å². The van der Waals surface area contributed by atoms with Crippen LogP contribution in [0.1, 0.15) is 39.0 Å². The van der Waals surface area contributed by atoms with Crippen LogP contribution < -0.4 is 0 Å². The molecule has 0 rings (SSSR count). The lowest BCUT2D eigenvalue weighted by Crippen LogP contribution is -2.08. The average molecular weight is 196 g/mol. The number of unbranched alkanes of at least 4 members (excludes halogenated alkanes) is 3. The molecular formula is C12H20O2. The van der Waals surface area contributed by atoms with Crippen LogP contribution in [-0.4, -0.2) is 11.1 Å². The van der Waals surface area contributed by atoms with Crippen molar-refractivity contribution in [3.8, 4) is 0 Å². The molecule has 0 aliphatic heterocycles. The van der Waals surface area contributed by atoms with Gasteiger partial charge in [0, 0.05) is 0 Å². The van der Waals surface area contributed by atoms with Gasteiger partial charge >= 0.3 is 5.97 Å². The molecule has 0 fully saturated rings. The molecule has 1 atom stereocenters. The summed E-state index contributed by atoms with van der Waals surface area (Å²) in [5.41, 5.74) is 0. The Morgan fingerprint density at radius 2 is 2.14 bits per heavy atom. The van der Waals surface area contributed by atoms with Crippen molar-refractivity contribution in [2.45, 2.75) is 39.0 Å². The van der Waals surface area contributed by atoms with Gasteiger partial charge in [-0.05, 0) is 19.3 Å². The fourth-order valence-electron chi connectivity index (χ4n) is 1.21. The van der Waals surface area contributed by atoms with Gasteiger partial charge in [0.05, 0.1) is 5.92 Å². The van der Waals surface area contributed by atoms with Gasteiger partial charge in [0.25, 0.3) is 0 Å². The molecule has 0 spiro atoms. The molecule has 1 N–H and O–H groups in total. The van der Waals surface area contributed by atoms with Crippen LogP contribution in [-0.2, 0) is 4.79 Å². The third-order valence-electron chi connectivity index (χ3n) is 2.20. The molecule has 0 aromatic rings. The number of carbonyl (C=O) groups is 1. The Morgan fingerprint density at radius 3 is 2.71 bits per heavy atom. The highest BCUT2D eigenvalue weighted by atomic mass is 16.4. The van der Waals surface area contributed by atoms with Gasteiger partial charge in [0.15, 0.2) is 0 Å². The molecule has 0 aromatic heterocycles. The summed E-state index contributed by atoms with van der Waals surface area (Å²) in [5, 5.41) is 8.63. The normalized spacial score (nSPS) is 12.9. The van der Waals surface area contributed by atoms with Crippen LogP contribution in [0.25, 0.3) is 0 Å². The van der Waals surface area contributed by atoms with Gasteiger partial charge < -0.3 is 5.11 Å². The van der Waals surface area contributed by atoms with E-state index in [2.05, 4.69) is 12.7 Å². The first-order valence-corrected chi connectivity index (χ1v) is 5.19. The predicted octanol–water partition coefficient (Wildman–Crippen LogP) is 3.40. The Hall–Kier alpha value is -1.05. The standard InChI is InChI=1S/C12H20O2/c1-3-4-5-6-7-8-9-10-11(2)12(13)14/h3-5,11H,1,6-10H2,2H3,(H,13,14)/b5-4+. The van der Waals surface area contributed by atoms with E-state index in [1.165, 1.54) is 0 Å². The van der Waals surface area contributed by atoms with Gasteiger partial charge in [0.1, 0.15) is 0 Å². The molecule has 80 valence electrons. The van der Waals surface area contributed by atoms with Crippen molar-refractivity contribution in [2.75, 3.05) is 0 Å². The second kappa shape index (κ2) is 8.54. The number of rotatable bonds is 8. The van der Waals surface area contributed by atoms with Crippen LogP contribution in [0, 0.1) is 5.92 Å². The van der Waals surface area contributed by atoms with Gasteiger partial charge in [0.2, 0.25) is 0 Å². The third-order valence-corrected chi connectivity index (χ3v) is 2.20. The van der Waals surface area contributed by atoms with Crippen molar-refractivity contribution in [1.29, 1.82) is 0 Å². The SMILES string of the molecule is C=C/C=C/CCCCCC(C)C(=O)O. The number of aliphatic carboxylic acids is 1. The Kier molecular flexibility index (Phi) is 7.90. The topological polar surface area (TPSA) is 37.3 Å². The minimum Gasteiger partial charge on any atom is -0.481 e. The van der Waals surface area contributed by atoms with Gasteiger partial charge in [-0.1, -0.05) is 44.6 Å². The maximum absolute atomic E-state index is 10.5. The lowest BCUT2D eigenvalue weighted by molar-refractivity contribution is -0.141. The number of hydrogen-bond acceptors (Lipinski definition) is 1. The average Bonchev–Trinajstić information content (AvgIpc) is 2.16. The fraction of sp³-hybridized carbons (Fsp3) is 0.583. The van der Waals surface area contributed by atoms with Gasteiger partial charge in [-0.15, -0.1) is 0 Å². The zero-order valence-corrected chi connectivity index (χ0v) is 8.91. The molecule has 0 aliphatic carbocycles. The van der Waals surface area contributed by atoms with E-state index in [9.17, 15) is 4.79 Å². The molecule has 0 bridgehead atoms. The largest absolute Gasteiger partial charge is 0.481 e. The van der Waals surface area contributed by atoms with Crippen LogP contribution in [0.15, 0.2) is 24.8 Å². The number of hydrogen-bond donors (Lipinski definition) is 1. The molecule has 0 heterocycles. The number of carboxylic acid groups (broad SMARTS) is 1. The quantitative estimate of drug-likeness (QED) is 0.477. The summed E-state index contributed by atoms with van der Waals surface area (Å²) >= 11 is 0. The van der Waals surface area contributed by atoms with Crippen molar-refractivity contribution in [3.63, 3.8) is 0 Å². The van der Waals surface area contributed by atoms with E-state index < -0.39 is 5.97 Å². The molecule has 0 aliphatic rings. The van der Waals surface area contributed by atoms with Gasteiger partial charge in [-0.3, -0.25) is 4.79 Å². The number of allylic oxidation sites excluding steroid dienone is 3. The molecule has 2 heteroatoms. The van der Waals surface area contributed by atoms with E-state index >= 15 is 0 Å². The van der Waals surface area contributed by atoms with Crippen molar-refractivity contribution < 1.29 is 9.90 Å². The van der Waals surface area contributed by atoms with Crippen molar-refractivity contribution in [1.82, 2.24) is 0 Å². The van der Waals surface area contributed by atoms with Crippen LogP contribution in [0.5, 0.6) is 0 Å². The molecule has 14 heavy (non-hydrogen) atoms. The predicted molar refractivity (Wildman–Crippen MR) is 59.2 cm³/mol. The highest BCUT2D eigenvalue weighted by Gasteiger charge is 2.08. The molecule has 0 radical (unpaired) electrons. The second-order valence-electron chi connectivity index (χ2n) is 3.54. The summed E-state index contributed by atoms with van der Waals surface area (Å²) < 4.78 is 0. The highest BCUT2D eigenvalue weighted by molar-refractivity contribution is 5.69. The van der Waals surface area contributed by atoms with E-state index in [4.69, 9.17) is 5.11 Å². The summed E-state index contributed by atoms with van der Waals surface area (Å²) in [6.45, 7) is 5.35. The molecule has 0 saturated heterocycles. The lowest BCUT2D eigenvalue weighted by atomic mass is 10.0. The van der Waals surface area contributed by atoms with Crippen molar-refractivity contribution >= 4 is 5.97 Å². The second-order valence-corrected chi connectivity index (χ2v) is 3.54. The Labute approximate surface area is 86.3 Å². The monoisotopic (exact) mass is 196 g/mol. The summed E-state index contributed by atoms with van der Waals surface area (Å²) in [4.78, 5) is 10.5. The van der Waals surface area contributed by atoms with Crippen LogP contribution in [0.3, 0.4) is 0 Å². The maximum atomic E-state index is 10.5. The summed E-state index contributed by atoms with van der Waals surface area (Å²) in [6.07, 6.45) is 10.9. The molecule has 2 nitrogen and oxygen atoms in total. The summed E-state index contributed by atoms with van der Waals surface area (Å²) in [6, 6.07) is 0. The molecule has 0 aromatic carbocycles. The Morgan fingerprint density at radius 1 is 1.43 bits per heavy atom. The minimum absolute atomic E-state index is 0.196. The fourth-order valence-corrected chi connectivity index (χ4v) is 1.21. The minimum atomic E-state index is -0.684. The molecular weight excluding hydrogens is 176 g/mol. The first kappa shape index (κ1) is 12.9. The highest BCUT2D eigenvalue weighted by Crippen LogP contribution is 2.10. The van der Waals surface area contributed by atoms with E-state index in [1.807, 2.05) is 6.08 Å². The zero-order chi connectivity index (χ0) is 10.8. The Bertz CT molecular complexity index is 194. The summed E-state index contributed by atoms with van der Waals surface area (Å²) in [7, 11) is 0. The first-order valence-electron chi connectivity index (χ1n) is 5.19.